The second-order valence-electron chi connectivity index (χ2n) is 3.61. The zero-order valence-corrected chi connectivity index (χ0v) is 10.7. The van der Waals surface area contributed by atoms with Crippen molar-refractivity contribution >= 4 is 21.8 Å². The van der Waals surface area contributed by atoms with Crippen molar-refractivity contribution in [1.82, 2.24) is 3.97 Å². The predicted molar refractivity (Wildman–Crippen MR) is 68.5 cm³/mol. The molecule has 0 bridgehead atoms. The van der Waals surface area contributed by atoms with E-state index in [1.54, 1.807) is 6.92 Å². The number of allylic oxidation sites excluding steroid dienone is 2. The Morgan fingerprint density at radius 2 is 2.17 bits per heavy atom. The van der Waals surface area contributed by atoms with Gasteiger partial charge in [0.2, 0.25) is 0 Å². The first kappa shape index (κ1) is 14.2. The topological polar surface area (TPSA) is 102 Å². The fourth-order valence-corrected chi connectivity index (χ4v) is 2.36. The average Bonchev–Trinajstić information content (AvgIpc) is 2.66. The molecule has 98 valence electrons. The van der Waals surface area contributed by atoms with Crippen LogP contribution in [-0.4, -0.2) is 23.5 Å². The third kappa shape index (κ3) is 2.36. The molecule has 0 unspecified atom stereocenters. The highest BCUT2D eigenvalue weighted by Gasteiger charge is 2.25. The van der Waals surface area contributed by atoms with Crippen LogP contribution in [-0.2, 0) is 16.6 Å². The van der Waals surface area contributed by atoms with E-state index in [0.717, 1.165) is 0 Å². The first-order chi connectivity index (χ1) is 8.23. The molecule has 1 aromatic heterocycles. The van der Waals surface area contributed by atoms with Crippen molar-refractivity contribution in [2.75, 3.05) is 0 Å². The molecule has 7 heteroatoms. The van der Waals surface area contributed by atoms with Gasteiger partial charge < -0.3 is 5.11 Å². The van der Waals surface area contributed by atoms with E-state index in [1.807, 2.05) is 0 Å². The van der Waals surface area contributed by atoms with Crippen LogP contribution in [0, 0.1) is 0 Å². The number of carboxylic acids is 1. The summed E-state index contributed by atoms with van der Waals surface area (Å²) in [4.78, 5) is 11.2. The Labute approximate surface area is 105 Å². The second kappa shape index (κ2) is 4.79. The average molecular weight is 270 g/mol. The van der Waals surface area contributed by atoms with Gasteiger partial charge >= 0.3 is 16.2 Å². The van der Waals surface area contributed by atoms with Crippen LogP contribution in [0.25, 0.3) is 5.57 Å². The lowest BCUT2D eigenvalue weighted by molar-refractivity contribution is 0.0689. The molecule has 0 fully saturated rings. The van der Waals surface area contributed by atoms with Gasteiger partial charge in [-0.2, -0.15) is 8.42 Å². The number of aromatic nitrogens is 1. The van der Waals surface area contributed by atoms with Crippen molar-refractivity contribution in [2.24, 2.45) is 5.14 Å². The lowest BCUT2D eigenvalue weighted by Gasteiger charge is -2.05. The van der Waals surface area contributed by atoms with Crippen LogP contribution in [0.5, 0.6) is 0 Å². The molecule has 3 N–H and O–H groups in total. The van der Waals surface area contributed by atoms with Crippen LogP contribution in [0.1, 0.15) is 28.5 Å². The Bertz CT molecular complexity index is 626. The standard InChI is InChI=1S/C11H14N2O4S/c1-4-7(3)9-8(5-2)6-13(18(12,16)17)10(9)11(14)15/h4,6H,1,3,5H2,2H3,(H,14,15)(H2,12,16,17). The number of aromatic carboxylic acids is 1. The van der Waals surface area contributed by atoms with Gasteiger partial charge in [-0.15, -0.1) is 0 Å². The van der Waals surface area contributed by atoms with E-state index in [2.05, 4.69) is 13.2 Å². The maximum Gasteiger partial charge on any atom is 0.354 e. The first-order valence-corrected chi connectivity index (χ1v) is 6.56. The molecule has 0 aliphatic heterocycles. The van der Waals surface area contributed by atoms with Crippen LogP contribution in [0.15, 0.2) is 25.4 Å². The van der Waals surface area contributed by atoms with E-state index >= 15 is 0 Å². The summed E-state index contributed by atoms with van der Waals surface area (Å²) in [5.74, 6) is -1.39. The van der Waals surface area contributed by atoms with Gasteiger partial charge in [0.15, 0.2) is 5.69 Å². The Morgan fingerprint density at radius 1 is 1.61 bits per heavy atom. The van der Waals surface area contributed by atoms with E-state index in [9.17, 15) is 13.2 Å². The van der Waals surface area contributed by atoms with Gasteiger partial charge in [0.1, 0.15) is 0 Å². The molecule has 0 saturated carbocycles. The zero-order valence-electron chi connectivity index (χ0n) is 9.88. The van der Waals surface area contributed by atoms with Gasteiger partial charge in [-0.3, -0.25) is 0 Å². The molecule has 0 aliphatic carbocycles. The number of carbonyl (C=O) groups is 1. The number of nitrogens with two attached hydrogens (primary N) is 1. The molecule has 1 heterocycles. The maximum atomic E-state index is 11.4. The van der Waals surface area contributed by atoms with Crippen molar-refractivity contribution in [1.29, 1.82) is 0 Å². The molecule has 0 aliphatic rings. The number of nitrogens with zero attached hydrogens (tertiary/aromatic N) is 1. The second-order valence-corrected chi connectivity index (χ2v) is 5.03. The van der Waals surface area contributed by atoms with Crippen molar-refractivity contribution in [3.8, 4) is 0 Å². The highest BCUT2D eigenvalue weighted by atomic mass is 32.2. The predicted octanol–water partition coefficient (Wildman–Crippen LogP) is 1.000. The molecule has 0 aromatic carbocycles. The fraction of sp³-hybridized carbons (Fsp3) is 0.182. The summed E-state index contributed by atoms with van der Waals surface area (Å²) in [6.45, 7) is 8.93. The molecular weight excluding hydrogens is 256 g/mol. The molecule has 1 rings (SSSR count). The smallest absolute Gasteiger partial charge is 0.354 e. The quantitative estimate of drug-likeness (QED) is 0.779. The molecular formula is C11H14N2O4S. The summed E-state index contributed by atoms with van der Waals surface area (Å²) in [6, 6.07) is 0. The number of rotatable bonds is 5. The minimum Gasteiger partial charge on any atom is -0.477 e. The summed E-state index contributed by atoms with van der Waals surface area (Å²) < 4.78 is 23.3. The highest BCUT2D eigenvalue weighted by molar-refractivity contribution is 7.87. The van der Waals surface area contributed by atoms with Gasteiger partial charge in [0.05, 0.1) is 0 Å². The van der Waals surface area contributed by atoms with E-state index in [-0.39, 0.29) is 5.56 Å². The normalized spacial score (nSPS) is 11.2. The SMILES string of the molecule is C=CC(=C)c1c(CC)cn(S(N)(=O)=O)c1C(=O)O. The summed E-state index contributed by atoms with van der Waals surface area (Å²) >= 11 is 0. The number of carboxylic acid groups (broad SMARTS) is 1. The van der Waals surface area contributed by atoms with Gasteiger partial charge in [-0.25, -0.2) is 13.9 Å². The fourth-order valence-electron chi connectivity index (χ4n) is 1.66. The van der Waals surface area contributed by atoms with Gasteiger partial charge in [-0.1, -0.05) is 26.2 Å². The maximum absolute atomic E-state index is 11.4. The van der Waals surface area contributed by atoms with E-state index in [0.29, 0.717) is 21.5 Å². The summed E-state index contributed by atoms with van der Waals surface area (Å²) in [7, 11) is -4.17. The van der Waals surface area contributed by atoms with Crippen molar-refractivity contribution < 1.29 is 18.3 Å². The Balaban J connectivity index is 3.79. The van der Waals surface area contributed by atoms with Crippen LogP contribution in [0.2, 0.25) is 0 Å². The molecule has 0 radical (unpaired) electrons. The molecule has 0 amide bonds. The molecule has 1 aromatic rings. The van der Waals surface area contributed by atoms with E-state index in [4.69, 9.17) is 10.2 Å². The Morgan fingerprint density at radius 3 is 2.50 bits per heavy atom. The van der Waals surface area contributed by atoms with Crippen molar-refractivity contribution in [2.45, 2.75) is 13.3 Å². The van der Waals surface area contributed by atoms with Gasteiger partial charge in [0.25, 0.3) is 0 Å². The highest BCUT2D eigenvalue weighted by Crippen LogP contribution is 2.26. The number of hydrogen-bond donors (Lipinski definition) is 2. The minimum absolute atomic E-state index is 0.244. The lowest BCUT2D eigenvalue weighted by Crippen LogP contribution is -2.25. The van der Waals surface area contributed by atoms with Crippen LogP contribution < -0.4 is 5.14 Å². The minimum atomic E-state index is -4.17. The van der Waals surface area contributed by atoms with E-state index in [1.165, 1.54) is 12.3 Å². The Hall–Kier alpha value is -1.86. The van der Waals surface area contributed by atoms with E-state index < -0.39 is 21.9 Å². The van der Waals surface area contributed by atoms with Crippen molar-refractivity contribution in [3.05, 3.63) is 42.3 Å². The summed E-state index contributed by atoms with van der Waals surface area (Å²) in [6.07, 6.45) is 3.02. The van der Waals surface area contributed by atoms with Crippen LogP contribution >= 0.6 is 0 Å². The number of aryl methyl sites for hydroxylation is 1. The largest absolute Gasteiger partial charge is 0.477 e. The van der Waals surface area contributed by atoms with Crippen molar-refractivity contribution in [3.63, 3.8) is 0 Å². The monoisotopic (exact) mass is 270 g/mol. The lowest BCUT2D eigenvalue weighted by atomic mass is 10.0. The third-order valence-electron chi connectivity index (χ3n) is 2.48. The number of hydrogen-bond acceptors (Lipinski definition) is 3. The van der Waals surface area contributed by atoms with Crippen LogP contribution in [0.3, 0.4) is 0 Å². The molecule has 0 saturated heterocycles. The zero-order chi connectivity index (χ0) is 14.1. The third-order valence-corrected chi connectivity index (χ3v) is 3.31. The summed E-state index contributed by atoms with van der Waals surface area (Å²) in [5, 5.41) is 14.1. The van der Waals surface area contributed by atoms with Gasteiger partial charge in [0, 0.05) is 11.8 Å². The first-order valence-electron chi connectivity index (χ1n) is 5.06. The molecule has 0 atom stereocenters. The summed E-state index contributed by atoms with van der Waals surface area (Å²) in [5.41, 5.74) is 0.700. The molecule has 0 spiro atoms. The van der Waals surface area contributed by atoms with Crippen LogP contribution in [0.4, 0.5) is 0 Å². The Kier molecular flexibility index (Phi) is 3.78. The molecule has 18 heavy (non-hydrogen) atoms. The molecule has 6 nitrogen and oxygen atoms in total. The van der Waals surface area contributed by atoms with Gasteiger partial charge in [-0.05, 0) is 17.6 Å².